The third-order valence-electron chi connectivity index (χ3n) is 6.62. The molecular weight excluding hydrogens is 330 g/mol. The standard InChI is InChI=1S/C21H29NO4/c1-2-3-7-20-8-9-21(25-11-12-26-21)14-16(20)6-10-24-18-13-15(19(22)23)4-5-17(18)20/h3-4,7,13,16-17H,2,5-6,8-12,14H2,1H3,(H2,22,23). The molecule has 2 N–H and O–H groups in total. The SMILES string of the molecule is CCC=CC12CCC3(CC1CCOC1=CC(C(N)=O)=CCC12)OCCO3. The number of amides is 1. The average Bonchev–Trinajstić information content (AvgIpc) is 3.03. The van der Waals surface area contributed by atoms with Crippen LogP contribution in [0.15, 0.2) is 35.6 Å². The van der Waals surface area contributed by atoms with Gasteiger partial charge in [-0.1, -0.05) is 25.2 Å². The quantitative estimate of drug-likeness (QED) is 0.786. The normalized spacial score (nSPS) is 35.9. The van der Waals surface area contributed by atoms with Gasteiger partial charge in [-0.25, -0.2) is 0 Å². The molecule has 3 fully saturated rings. The zero-order chi connectivity index (χ0) is 18.2. The number of carbonyl (C=O) groups is 1. The highest BCUT2D eigenvalue weighted by Crippen LogP contribution is 2.58. The molecule has 5 nitrogen and oxygen atoms in total. The summed E-state index contributed by atoms with van der Waals surface area (Å²) in [4.78, 5) is 11.6. The van der Waals surface area contributed by atoms with Crippen molar-refractivity contribution in [1.82, 2.24) is 0 Å². The van der Waals surface area contributed by atoms with Crippen LogP contribution in [0.3, 0.4) is 0 Å². The number of allylic oxidation sites excluding steroid dienone is 4. The number of nitrogens with two attached hydrogens (primary N) is 1. The van der Waals surface area contributed by atoms with Crippen LogP contribution in [-0.4, -0.2) is 31.5 Å². The maximum atomic E-state index is 11.6. The minimum atomic E-state index is -0.397. The fourth-order valence-corrected chi connectivity index (χ4v) is 5.33. The Hall–Kier alpha value is -1.59. The van der Waals surface area contributed by atoms with E-state index in [2.05, 4.69) is 19.1 Å². The Bertz CT molecular complexity index is 659. The predicted octanol–water partition coefficient (Wildman–Crippen LogP) is 3.22. The van der Waals surface area contributed by atoms with Gasteiger partial charge in [0.1, 0.15) is 5.76 Å². The van der Waals surface area contributed by atoms with Crippen LogP contribution in [0.1, 0.15) is 45.4 Å². The van der Waals surface area contributed by atoms with Crippen LogP contribution in [0.4, 0.5) is 0 Å². The largest absolute Gasteiger partial charge is 0.498 e. The topological polar surface area (TPSA) is 70.8 Å². The van der Waals surface area contributed by atoms with E-state index in [1.54, 1.807) is 0 Å². The Morgan fingerprint density at radius 3 is 2.85 bits per heavy atom. The number of primary amides is 1. The molecule has 4 aliphatic rings. The Kier molecular flexibility index (Phi) is 4.70. The van der Waals surface area contributed by atoms with Crippen LogP contribution >= 0.6 is 0 Å². The van der Waals surface area contributed by atoms with Gasteiger partial charge < -0.3 is 19.9 Å². The van der Waals surface area contributed by atoms with Gasteiger partial charge in [0.05, 0.1) is 19.8 Å². The Morgan fingerprint density at radius 2 is 2.12 bits per heavy atom. The molecule has 1 spiro atoms. The highest BCUT2D eigenvalue weighted by molar-refractivity contribution is 5.95. The summed E-state index contributed by atoms with van der Waals surface area (Å²) < 4.78 is 18.2. The van der Waals surface area contributed by atoms with E-state index < -0.39 is 5.79 Å². The van der Waals surface area contributed by atoms with Crippen molar-refractivity contribution in [3.05, 3.63) is 35.6 Å². The summed E-state index contributed by atoms with van der Waals surface area (Å²) in [5.74, 6) is 0.838. The van der Waals surface area contributed by atoms with E-state index in [-0.39, 0.29) is 17.2 Å². The summed E-state index contributed by atoms with van der Waals surface area (Å²) in [5.41, 5.74) is 6.09. The molecule has 0 bridgehead atoms. The van der Waals surface area contributed by atoms with Gasteiger partial charge in [0.25, 0.3) is 0 Å². The second-order valence-electron chi connectivity index (χ2n) is 7.93. The van der Waals surface area contributed by atoms with Crippen molar-refractivity contribution in [3.63, 3.8) is 0 Å². The molecule has 3 unspecified atom stereocenters. The van der Waals surface area contributed by atoms with Crippen molar-refractivity contribution in [3.8, 4) is 0 Å². The number of hydrogen-bond acceptors (Lipinski definition) is 4. The maximum absolute atomic E-state index is 11.6. The van der Waals surface area contributed by atoms with Gasteiger partial charge in [0.2, 0.25) is 5.91 Å². The van der Waals surface area contributed by atoms with Crippen molar-refractivity contribution in [2.75, 3.05) is 19.8 Å². The first-order valence-electron chi connectivity index (χ1n) is 9.88. The molecule has 1 amide bonds. The van der Waals surface area contributed by atoms with Gasteiger partial charge in [0.15, 0.2) is 5.79 Å². The Morgan fingerprint density at radius 1 is 1.31 bits per heavy atom. The molecule has 26 heavy (non-hydrogen) atoms. The van der Waals surface area contributed by atoms with Gasteiger partial charge >= 0.3 is 0 Å². The lowest BCUT2D eigenvalue weighted by molar-refractivity contribution is -0.206. The third-order valence-corrected chi connectivity index (χ3v) is 6.62. The van der Waals surface area contributed by atoms with Crippen molar-refractivity contribution < 1.29 is 19.0 Å². The van der Waals surface area contributed by atoms with Crippen molar-refractivity contribution in [1.29, 1.82) is 0 Å². The predicted molar refractivity (Wildman–Crippen MR) is 97.9 cm³/mol. The Balaban J connectivity index is 1.70. The highest BCUT2D eigenvalue weighted by Gasteiger charge is 2.55. The second-order valence-corrected chi connectivity index (χ2v) is 7.93. The maximum Gasteiger partial charge on any atom is 0.248 e. The summed E-state index contributed by atoms with van der Waals surface area (Å²) in [6, 6.07) is 0. The van der Waals surface area contributed by atoms with E-state index in [4.69, 9.17) is 19.9 Å². The minimum absolute atomic E-state index is 0.0264. The molecule has 0 aromatic rings. The average molecular weight is 359 g/mol. The molecule has 2 heterocycles. The number of ether oxygens (including phenoxy) is 3. The van der Waals surface area contributed by atoms with Gasteiger partial charge in [0, 0.05) is 29.7 Å². The van der Waals surface area contributed by atoms with Crippen LogP contribution in [0.25, 0.3) is 0 Å². The van der Waals surface area contributed by atoms with Gasteiger partial charge in [-0.2, -0.15) is 0 Å². The first kappa shape index (κ1) is 17.8. The first-order valence-corrected chi connectivity index (χ1v) is 9.88. The lowest BCUT2D eigenvalue weighted by Crippen LogP contribution is -2.48. The van der Waals surface area contributed by atoms with Crippen LogP contribution in [0, 0.1) is 17.3 Å². The molecule has 5 heteroatoms. The molecule has 2 saturated heterocycles. The van der Waals surface area contributed by atoms with E-state index >= 15 is 0 Å². The van der Waals surface area contributed by atoms with E-state index in [0.29, 0.717) is 31.3 Å². The lowest BCUT2D eigenvalue weighted by atomic mass is 9.56. The van der Waals surface area contributed by atoms with Crippen molar-refractivity contribution in [2.45, 2.75) is 51.2 Å². The molecule has 1 saturated carbocycles. The molecule has 0 aromatic heterocycles. The number of hydrogen-bond donors (Lipinski definition) is 1. The van der Waals surface area contributed by atoms with Crippen molar-refractivity contribution in [2.24, 2.45) is 23.0 Å². The molecular formula is C21H29NO4. The van der Waals surface area contributed by atoms with E-state index in [1.807, 2.05) is 12.2 Å². The Labute approximate surface area is 155 Å². The van der Waals surface area contributed by atoms with Crippen molar-refractivity contribution >= 4 is 5.91 Å². The molecule has 2 aliphatic carbocycles. The highest BCUT2D eigenvalue weighted by atomic mass is 16.7. The first-order chi connectivity index (χ1) is 12.6. The summed E-state index contributed by atoms with van der Waals surface area (Å²) in [6.07, 6.45) is 14.2. The van der Waals surface area contributed by atoms with Crippen LogP contribution in [0.2, 0.25) is 0 Å². The minimum Gasteiger partial charge on any atom is -0.498 e. The van der Waals surface area contributed by atoms with Crippen LogP contribution in [0.5, 0.6) is 0 Å². The molecule has 3 atom stereocenters. The smallest absolute Gasteiger partial charge is 0.248 e. The van der Waals surface area contributed by atoms with Gasteiger partial charge in [-0.05, 0) is 37.7 Å². The molecule has 142 valence electrons. The second kappa shape index (κ2) is 6.86. The zero-order valence-electron chi connectivity index (χ0n) is 15.5. The number of carbonyl (C=O) groups excluding carboxylic acids is 1. The summed E-state index contributed by atoms with van der Waals surface area (Å²) >= 11 is 0. The van der Waals surface area contributed by atoms with Gasteiger partial charge in [-0.15, -0.1) is 0 Å². The fourth-order valence-electron chi connectivity index (χ4n) is 5.33. The van der Waals surface area contributed by atoms with Crippen LogP contribution < -0.4 is 5.73 Å². The summed E-state index contributed by atoms with van der Waals surface area (Å²) in [7, 11) is 0. The lowest BCUT2D eigenvalue weighted by Gasteiger charge is -2.51. The number of rotatable bonds is 3. The van der Waals surface area contributed by atoms with Crippen LogP contribution in [-0.2, 0) is 19.0 Å². The molecule has 0 radical (unpaired) electrons. The third kappa shape index (κ3) is 2.91. The van der Waals surface area contributed by atoms with E-state index in [9.17, 15) is 4.79 Å². The van der Waals surface area contributed by atoms with Gasteiger partial charge in [-0.3, -0.25) is 4.79 Å². The monoisotopic (exact) mass is 359 g/mol. The summed E-state index contributed by atoms with van der Waals surface area (Å²) in [6.45, 7) is 4.23. The van der Waals surface area contributed by atoms with E-state index in [1.165, 1.54) is 0 Å². The number of fused-ring (bicyclic) bond motifs is 3. The summed E-state index contributed by atoms with van der Waals surface area (Å²) in [5, 5.41) is 0. The zero-order valence-corrected chi connectivity index (χ0v) is 15.5. The molecule has 0 aromatic carbocycles. The van der Waals surface area contributed by atoms with E-state index in [0.717, 1.165) is 44.3 Å². The molecule has 2 aliphatic heterocycles. The molecule has 4 rings (SSSR count). The fraction of sp³-hybridized carbons (Fsp3) is 0.667.